The number of nitrogens with one attached hydrogen (secondary N) is 2. The molecule has 1 unspecified atom stereocenters. The molecular formula is C18H21N5O2S. The summed E-state index contributed by atoms with van der Waals surface area (Å²) in [4.78, 5) is 4.28. The normalized spacial score (nSPS) is 19.0. The molecule has 3 aromatic rings. The lowest BCUT2D eigenvalue weighted by Gasteiger charge is -2.13. The van der Waals surface area contributed by atoms with Gasteiger partial charge in [-0.25, -0.2) is 13.4 Å². The predicted molar refractivity (Wildman–Crippen MR) is 100 cm³/mol. The Morgan fingerprint density at radius 2 is 2.08 bits per heavy atom. The van der Waals surface area contributed by atoms with E-state index in [0.29, 0.717) is 19.5 Å². The molecule has 7 nitrogen and oxygen atoms in total. The largest absolute Gasteiger partial charge is 0.329 e. The van der Waals surface area contributed by atoms with Gasteiger partial charge in [0.15, 0.2) is 9.84 Å². The Hall–Kier alpha value is -2.45. The Kier molecular flexibility index (Phi) is 4.60. The van der Waals surface area contributed by atoms with Crippen LogP contribution in [-0.2, 0) is 16.4 Å². The summed E-state index contributed by atoms with van der Waals surface area (Å²) >= 11 is 0. The lowest BCUT2D eigenvalue weighted by Crippen LogP contribution is -2.32. The van der Waals surface area contributed by atoms with E-state index in [-0.39, 0.29) is 17.5 Å². The van der Waals surface area contributed by atoms with E-state index in [4.69, 9.17) is 0 Å². The molecular weight excluding hydrogens is 350 g/mol. The molecule has 2 N–H and O–H groups in total. The van der Waals surface area contributed by atoms with Crippen LogP contribution in [0, 0.1) is 0 Å². The van der Waals surface area contributed by atoms with Crippen molar-refractivity contribution in [3.05, 3.63) is 49.1 Å². The summed E-state index contributed by atoms with van der Waals surface area (Å²) in [7, 11) is -2.85. The van der Waals surface area contributed by atoms with E-state index in [0.717, 1.165) is 22.5 Å². The molecule has 3 heterocycles. The summed E-state index contributed by atoms with van der Waals surface area (Å²) in [5.41, 5.74) is 4.01. The van der Waals surface area contributed by atoms with Gasteiger partial charge in [0.25, 0.3) is 0 Å². The Labute approximate surface area is 152 Å². The van der Waals surface area contributed by atoms with E-state index < -0.39 is 9.84 Å². The van der Waals surface area contributed by atoms with E-state index in [1.807, 2.05) is 42.7 Å². The minimum Gasteiger partial charge on any atom is -0.329 e. The molecule has 1 aromatic carbocycles. The van der Waals surface area contributed by atoms with Crippen LogP contribution in [0.2, 0.25) is 0 Å². The fourth-order valence-electron chi connectivity index (χ4n) is 3.37. The van der Waals surface area contributed by atoms with Crippen molar-refractivity contribution in [2.24, 2.45) is 0 Å². The number of aromatic amines is 1. The first kappa shape index (κ1) is 17.0. The minimum atomic E-state index is -2.85. The van der Waals surface area contributed by atoms with Gasteiger partial charge in [0.05, 0.1) is 41.6 Å². The van der Waals surface area contributed by atoms with E-state index in [1.165, 1.54) is 0 Å². The SMILES string of the molecule is O=S1(=O)CCC(NCCn2cncc2-c2cn[nH]c2-c2ccccc2)C1. The van der Waals surface area contributed by atoms with E-state index >= 15 is 0 Å². The second-order valence-corrected chi connectivity index (χ2v) is 8.78. The zero-order valence-electron chi connectivity index (χ0n) is 14.3. The van der Waals surface area contributed by atoms with Crippen LogP contribution in [-0.4, -0.2) is 52.3 Å². The first-order valence-corrected chi connectivity index (χ1v) is 10.5. The second kappa shape index (κ2) is 7.05. The molecule has 1 atom stereocenters. The number of benzene rings is 1. The Morgan fingerprint density at radius 1 is 1.23 bits per heavy atom. The van der Waals surface area contributed by atoms with Gasteiger partial charge in [-0.05, 0) is 6.42 Å². The maximum atomic E-state index is 11.5. The van der Waals surface area contributed by atoms with E-state index in [9.17, 15) is 8.42 Å². The van der Waals surface area contributed by atoms with Crippen LogP contribution in [0.15, 0.2) is 49.1 Å². The summed E-state index contributed by atoms with van der Waals surface area (Å²) < 4.78 is 25.2. The molecule has 0 aliphatic carbocycles. The van der Waals surface area contributed by atoms with Crippen molar-refractivity contribution >= 4 is 9.84 Å². The molecule has 4 rings (SSSR count). The number of rotatable bonds is 6. The summed E-state index contributed by atoms with van der Waals surface area (Å²) in [6.45, 7) is 1.41. The van der Waals surface area contributed by atoms with Crippen LogP contribution in [0.4, 0.5) is 0 Å². The Morgan fingerprint density at radius 3 is 2.85 bits per heavy atom. The van der Waals surface area contributed by atoms with Crippen molar-refractivity contribution in [2.45, 2.75) is 19.0 Å². The molecule has 26 heavy (non-hydrogen) atoms. The van der Waals surface area contributed by atoms with Gasteiger partial charge in [-0.3, -0.25) is 5.10 Å². The topological polar surface area (TPSA) is 92.7 Å². The Balaban J connectivity index is 1.47. The smallest absolute Gasteiger partial charge is 0.151 e. The monoisotopic (exact) mass is 371 g/mol. The number of nitrogens with zero attached hydrogens (tertiary/aromatic N) is 3. The third-order valence-corrected chi connectivity index (χ3v) is 6.48. The quantitative estimate of drug-likeness (QED) is 0.688. The van der Waals surface area contributed by atoms with Crippen LogP contribution < -0.4 is 5.32 Å². The lowest BCUT2D eigenvalue weighted by molar-refractivity contribution is 0.521. The minimum absolute atomic E-state index is 0.0563. The van der Waals surface area contributed by atoms with Gasteiger partial charge < -0.3 is 9.88 Å². The van der Waals surface area contributed by atoms with E-state index in [1.54, 1.807) is 6.33 Å². The molecule has 0 radical (unpaired) electrons. The van der Waals surface area contributed by atoms with Crippen molar-refractivity contribution in [2.75, 3.05) is 18.1 Å². The van der Waals surface area contributed by atoms with Crippen molar-refractivity contribution < 1.29 is 8.42 Å². The van der Waals surface area contributed by atoms with E-state index in [2.05, 4.69) is 25.1 Å². The molecule has 0 saturated carbocycles. The summed E-state index contributed by atoms with van der Waals surface area (Å²) in [6, 6.07) is 10.1. The van der Waals surface area contributed by atoms with Gasteiger partial charge in [0.1, 0.15) is 0 Å². The standard InChI is InChI=1S/C18H21N5O2S/c24-26(25)9-6-15(12-26)20-7-8-23-13-19-11-17(23)16-10-21-22-18(16)14-4-2-1-3-5-14/h1-5,10-11,13,15,20H,6-9,12H2,(H,21,22). The zero-order valence-corrected chi connectivity index (χ0v) is 15.1. The fourth-order valence-corrected chi connectivity index (χ4v) is 5.08. The Bertz CT molecular complexity index is 978. The average Bonchev–Trinajstić information content (AvgIpc) is 3.35. The number of H-pyrrole nitrogens is 1. The summed E-state index contributed by atoms with van der Waals surface area (Å²) in [5.74, 6) is 0.528. The first-order valence-electron chi connectivity index (χ1n) is 8.65. The molecule has 136 valence electrons. The molecule has 1 fully saturated rings. The third-order valence-electron chi connectivity index (χ3n) is 4.71. The molecule has 8 heteroatoms. The van der Waals surface area contributed by atoms with Crippen LogP contribution in [0.1, 0.15) is 6.42 Å². The molecule has 1 aliphatic heterocycles. The second-order valence-electron chi connectivity index (χ2n) is 6.55. The highest BCUT2D eigenvalue weighted by Crippen LogP contribution is 2.29. The zero-order chi connectivity index (χ0) is 18.0. The molecule has 2 aromatic heterocycles. The highest BCUT2D eigenvalue weighted by Gasteiger charge is 2.27. The van der Waals surface area contributed by atoms with Gasteiger partial charge in [-0.2, -0.15) is 5.10 Å². The molecule has 0 spiro atoms. The van der Waals surface area contributed by atoms with Crippen LogP contribution in [0.5, 0.6) is 0 Å². The van der Waals surface area contributed by atoms with Gasteiger partial charge >= 0.3 is 0 Å². The van der Waals surface area contributed by atoms with Gasteiger partial charge in [-0.1, -0.05) is 30.3 Å². The first-order chi connectivity index (χ1) is 12.6. The number of hydrogen-bond acceptors (Lipinski definition) is 5. The molecule has 1 saturated heterocycles. The third kappa shape index (κ3) is 3.56. The molecule has 0 bridgehead atoms. The highest BCUT2D eigenvalue weighted by molar-refractivity contribution is 7.91. The lowest BCUT2D eigenvalue weighted by atomic mass is 10.1. The van der Waals surface area contributed by atoms with Crippen molar-refractivity contribution in [3.8, 4) is 22.5 Å². The van der Waals surface area contributed by atoms with Crippen molar-refractivity contribution in [3.63, 3.8) is 0 Å². The summed E-state index contributed by atoms with van der Waals surface area (Å²) in [6.07, 6.45) is 6.13. The number of hydrogen-bond donors (Lipinski definition) is 2. The van der Waals surface area contributed by atoms with Crippen LogP contribution >= 0.6 is 0 Å². The van der Waals surface area contributed by atoms with Crippen molar-refractivity contribution in [1.82, 2.24) is 25.1 Å². The number of imidazole rings is 1. The van der Waals surface area contributed by atoms with Gasteiger partial charge in [-0.15, -0.1) is 0 Å². The number of sulfone groups is 1. The maximum absolute atomic E-state index is 11.5. The fraction of sp³-hybridized carbons (Fsp3) is 0.333. The van der Waals surface area contributed by atoms with Crippen molar-refractivity contribution in [1.29, 1.82) is 0 Å². The van der Waals surface area contributed by atoms with Gasteiger partial charge in [0, 0.05) is 30.3 Å². The van der Waals surface area contributed by atoms with Crippen LogP contribution in [0.3, 0.4) is 0 Å². The predicted octanol–water partition coefficient (Wildman–Crippen LogP) is 1.72. The molecule has 1 aliphatic rings. The van der Waals surface area contributed by atoms with Gasteiger partial charge in [0.2, 0.25) is 0 Å². The maximum Gasteiger partial charge on any atom is 0.151 e. The summed E-state index contributed by atoms with van der Waals surface area (Å²) in [5, 5.41) is 10.6. The number of aromatic nitrogens is 4. The van der Waals surface area contributed by atoms with Crippen LogP contribution in [0.25, 0.3) is 22.5 Å². The average molecular weight is 371 g/mol. The molecule has 0 amide bonds. The highest BCUT2D eigenvalue weighted by atomic mass is 32.2.